The molecule has 1 aliphatic carbocycles. The van der Waals surface area contributed by atoms with Crippen LogP contribution in [0.25, 0.3) is 27.1 Å². The minimum absolute atomic E-state index is 0.178. The Morgan fingerprint density at radius 1 is 1.13 bits per heavy atom. The summed E-state index contributed by atoms with van der Waals surface area (Å²) in [6, 6.07) is 16.0. The number of benzene rings is 2. The average molecular weight is 502 g/mol. The number of ether oxygens (including phenoxy) is 2. The first-order chi connectivity index (χ1) is 14.9. The van der Waals surface area contributed by atoms with Gasteiger partial charge in [-0.05, 0) is 56.9 Å². The summed E-state index contributed by atoms with van der Waals surface area (Å²) >= 11 is 5.20. The molecule has 3 nitrogen and oxygen atoms in total. The normalized spacial score (nSPS) is 19.6. The fourth-order valence-corrected chi connectivity index (χ4v) is 5.56. The van der Waals surface area contributed by atoms with E-state index in [1.54, 1.807) is 23.5 Å². The zero-order valence-corrected chi connectivity index (χ0v) is 18.7. The van der Waals surface area contributed by atoms with Crippen molar-refractivity contribution in [2.45, 2.75) is 25.4 Å². The Bertz CT molecular complexity index is 1220. The summed E-state index contributed by atoms with van der Waals surface area (Å²) in [7, 11) is 0. The van der Waals surface area contributed by atoms with Gasteiger partial charge in [0.05, 0.1) is 3.79 Å². The van der Waals surface area contributed by atoms with Crippen molar-refractivity contribution >= 4 is 32.8 Å². The number of alkyl halides is 2. The van der Waals surface area contributed by atoms with Gasteiger partial charge in [-0.25, -0.2) is 0 Å². The molecule has 2 aromatic carbocycles. The minimum atomic E-state index is -2.96. The first-order valence-corrected chi connectivity index (χ1v) is 11.3. The van der Waals surface area contributed by atoms with E-state index in [1.807, 2.05) is 42.5 Å². The van der Waals surface area contributed by atoms with Gasteiger partial charge in [0.1, 0.15) is 12.4 Å². The number of thiophene rings is 1. The smallest absolute Gasteiger partial charge is 0.347 e. The van der Waals surface area contributed by atoms with E-state index in [4.69, 9.17) is 15.2 Å². The zero-order chi connectivity index (χ0) is 21.6. The molecule has 0 radical (unpaired) electrons. The predicted octanol–water partition coefficient (Wildman–Crippen LogP) is 6.97. The van der Waals surface area contributed by atoms with Crippen LogP contribution in [0.1, 0.15) is 17.5 Å². The van der Waals surface area contributed by atoms with Crippen LogP contribution in [0.3, 0.4) is 0 Å². The summed E-state index contributed by atoms with van der Waals surface area (Å²) in [5, 5.41) is 0. The van der Waals surface area contributed by atoms with Crippen LogP contribution in [-0.2, 0) is 11.3 Å². The molecule has 3 aromatic rings. The number of nitrogens with two attached hydrogens (primary N) is 1. The fourth-order valence-electron chi connectivity index (χ4n) is 4.14. The summed E-state index contributed by atoms with van der Waals surface area (Å²) in [6.45, 7) is -2.56. The Morgan fingerprint density at radius 3 is 2.77 bits per heavy atom. The molecule has 1 atom stereocenters. The molecule has 2 N–H and O–H groups in total. The third-order valence-electron chi connectivity index (χ3n) is 5.51. The van der Waals surface area contributed by atoms with Crippen LogP contribution in [0.5, 0.6) is 5.75 Å². The lowest BCUT2D eigenvalue weighted by Gasteiger charge is -2.33. The molecule has 1 aliphatic heterocycles. The molecule has 0 amide bonds. The SMILES string of the molecule is NC1(OC(F)F)CC=CC=C1c1ccc2c(c1)COc1cccc(-c3ccc(Br)s3)c1-2. The van der Waals surface area contributed by atoms with Crippen molar-refractivity contribution in [3.8, 4) is 27.3 Å². The van der Waals surface area contributed by atoms with Gasteiger partial charge >= 0.3 is 6.61 Å². The molecule has 1 unspecified atom stereocenters. The number of hydrogen-bond donors (Lipinski definition) is 1. The molecule has 2 aliphatic rings. The topological polar surface area (TPSA) is 44.5 Å². The van der Waals surface area contributed by atoms with Crippen molar-refractivity contribution in [1.82, 2.24) is 0 Å². The molecule has 31 heavy (non-hydrogen) atoms. The fraction of sp³-hybridized carbons (Fsp3) is 0.167. The molecule has 0 bridgehead atoms. The van der Waals surface area contributed by atoms with E-state index in [0.29, 0.717) is 12.2 Å². The monoisotopic (exact) mass is 501 g/mol. The highest BCUT2D eigenvalue weighted by Crippen LogP contribution is 2.47. The molecular formula is C24H18BrF2NO2S. The lowest BCUT2D eigenvalue weighted by Crippen LogP contribution is -2.45. The Hall–Kier alpha value is -2.32. The second-order valence-electron chi connectivity index (χ2n) is 7.42. The minimum Gasteiger partial charge on any atom is -0.488 e. The van der Waals surface area contributed by atoms with Crippen LogP contribution in [0.15, 0.2) is 70.5 Å². The van der Waals surface area contributed by atoms with E-state index in [-0.39, 0.29) is 6.42 Å². The number of halogens is 3. The van der Waals surface area contributed by atoms with Gasteiger partial charge in [-0.3, -0.25) is 10.5 Å². The van der Waals surface area contributed by atoms with E-state index in [0.717, 1.165) is 42.2 Å². The van der Waals surface area contributed by atoms with Gasteiger partial charge in [0, 0.05) is 28.0 Å². The maximum atomic E-state index is 13.0. The first kappa shape index (κ1) is 20.6. The van der Waals surface area contributed by atoms with Crippen LogP contribution in [0, 0.1) is 0 Å². The molecule has 2 heterocycles. The highest BCUT2D eigenvalue weighted by molar-refractivity contribution is 9.11. The quantitative estimate of drug-likeness (QED) is 0.392. The molecule has 0 saturated carbocycles. The summed E-state index contributed by atoms with van der Waals surface area (Å²) in [5.74, 6) is 0.830. The number of fused-ring (bicyclic) bond motifs is 3. The Balaban J connectivity index is 1.60. The molecule has 1 aromatic heterocycles. The predicted molar refractivity (Wildman–Crippen MR) is 123 cm³/mol. The summed E-state index contributed by atoms with van der Waals surface area (Å²) in [5.41, 5.74) is 10.1. The van der Waals surface area contributed by atoms with E-state index in [2.05, 4.69) is 28.1 Å². The summed E-state index contributed by atoms with van der Waals surface area (Å²) in [6.07, 6.45) is 5.46. The van der Waals surface area contributed by atoms with Crippen LogP contribution in [0.2, 0.25) is 0 Å². The first-order valence-electron chi connectivity index (χ1n) is 9.72. The molecule has 0 spiro atoms. The van der Waals surface area contributed by atoms with Gasteiger partial charge in [0.15, 0.2) is 5.72 Å². The Labute approximate surface area is 190 Å². The van der Waals surface area contributed by atoms with E-state index < -0.39 is 12.3 Å². The third kappa shape index (κ3) is 3.76. The van der Waals surface area contributed by atoms with Crippen LogP contribution < -0.4 is 10.5 Å². The lowest BCUT2D eigenvalue weighted by molar-refractivity contribution is -0.185. The highest BCUT2D eigenvalue weighted by Gasteiger charge is 2.35. The van der Waals surface area contributed by atoms with Crippen LogP contribution in [-0.4, -0.2) is 12.3 Å². The maximum absolute atomic E-state index is 13.0. The van der Waals surface area contributed by atoms with Gasteiger partial charge in [-0.15, -0.1) is 11.3 Å². The summed E-state index contributed by atoms with van der Waals surface area (Å²) < 4.78 is 38.0. The lowest BCUT2D eigenvalue weighted by atomic mass is 9.85. The van der Waals surface area contributed by atoms with E-state index >= 15 is 0 Å². The second-order valence-corrected chi connectivity index (χ2v) is 9.89. The van der Waals surface area contributed by atoms with Crippen LogP contribution in [0.4, 0.5) is 8.78 Å². The standard InChI is InChI=1S/C24H18BrF2NO2S/c25-21-10-9-20(31-21)17-4-3-6-19-22(17)16-8-7-14(12-15(16)13-29-19)18-5-1-2-11-24(18,28)30-23(26)27/h1-10,12,23H,11,13,28H2. The Kier molecular flexibility index (Phi) is 5.30. The highest BCUT2D eigenvalue weighted by atomic mass is 79.9. The van der Waals surface area contributed by atoms with Crippen molar-refractivity contribution in [2.24, 2.45) is 5.73 Å². The molecule has 5 rings (SSSR count). The number of allylic oxidation sites excluding steroid dienone is 2. The van der Waals surface area contributed by atoms with Gasteiger partial charge in [0.25, 0.3) is 0 Å². The van der Waals surface area contributed by atoms with Gasteiger partial charge < -0.3 is 4.74 Å². The van der Waals surface area contributed by atoms with Gasteiger partial charge in [-0.2, -0.15) is 8.78 Å². The van der Waals surface area contributed by atoms with Gasteiger partial charge in [-0.1, -0.05) is 42.5 Å². The molecule has 0 saturated heterocycles. The van der Waals surface area contributed by atoms with Crippen molar-refractivity contribution in [2.75, 3.05) is 0 Å². The largest absolute Gasteiger partial charge is 0.488 e. The number of rotatable bonds is 4. The zero-order valence-electron chi connectivity index (χ0n) is 16.3. The molecule has 0 fully saturated rings. The van der Waals surface area contributed by atoms with Crippen molar-refractivity contribution in [3.05, 3.63) is 81.7 Å². The maximum Gasteiger partial charge on any atom is 0.347 e. The number of hydrogen-bond acceptors (Lipinski definition) is 4. The van der Waals surface area contributed by atoms with Crippen LogP contribution >= 0.6 is 27.3 Å². The van der Waals surface area contributed by atoms with E-state index in [1.165, 1.54) is 0 Å². The third-order valence-corrected chi connectivity index (χ3v) is 7.17. The molecule has 7 heteroatoms. The molecule has 158 valence electrons. The molecular weight excluding hydrogens is 484 g/mol. The average Bonchev–Trinajstić information content (AvgIpc) is 3.18. The van der Waals surface area contributed by atoms with Crippen molar-refractivity contribution in [3.63, 3.8) is 0 Å². The Morgan fingerprint density at radius 2 is 2.00 bits per heavy atom. The van der Waals surface area contributed by atoms with E-state index in [9.17, 15) is 8.78 Å². The van der Waals surface area contributed by atoms with Gasteiger partial charge in [0.2, 0.25) is 0 Å². The summed E-state index contributed by atoms with van der Waals surface area (Å²) in [4.78, 5) is 1.13. The van der Waals surface area contributed by atoms with Crippen molar-refractivity contribution < 1.29 is 18.3 Å². The van der Waals surface area contributed by atoms with Crippen molar-refractivity contribution in [1.29, 1.82) is 0 Å². The second kappa shape index (κ2) is 7.98.